The Morgan fingerprint density at radius 3 is 2.20 bits per heavy atom. The van der Waals surface area contributed by atoms with Gasteiger partial charge in [-0.15, -0.1) is 0 Å². The molecule has 0 amide bonds. The van der Waals surface area contributed by atoms with Crippen molar-refractivity contribution in [1.82, 2.24) is 0 Å². The zero-order valence-corrected chi connectivity index (χ0v) is 11.0. The SMILES string of the molecule is CC/C(=C\C(C)C)C(C)OC(C)(C)CO. The normalized spacial score (nSPS) is 15.9. The first-order valence-electron chi connectivity index (χ1n) is 5.81. The molecular formula is C13H26O2. The first kappa shape index (κ1) is 14.7. The predicted molar refractivity (Wildman–Crippen MR) is 64.9 cm³/mol. The lowest BCUT2D eigenvalue weighted by molar-refractivity contribution is -0.0790. The Bertz CT molecular complexity index is 205. The van der Waals surface area contributed by atoms with Gasteiger partial charge in [-0.3, -0.25) is 0 Å². The van der Waals surface area contributed by atoms with Crippen LogP contribution >= 0.6 is 0 Å². The molecule has 0 spiro atoms. The van der Waals surface area contributed by atoms with Crippen molar-refractivity contribution in [1.29, 1.82) is 0 Å². The molecule has 0 saturated carbocycles. The molecule has 90 valence electrons. The molecule has 0 rings (SSSR count). The van der Waals surface area contributed by atoms with Crippen molar-refractivity contribution in [2.24, 2.45) is 5.92 Å². The van der Waals surface area contributed by atoms with Gasteiger partial charge >= 0.3 is 0 Å². The lowest BCUT2D eigenvalue weighted by Gasteiger charge is -2.28. The molecule has 2 nitrogen and oxygen atoms in total. The molecule has 0 aliphatic heterocycles. The molecule has 1 N–H and O–H groups in total. The van der Waals surface area contributed by atoms with Crippen LogP contribution in [-0.4, -0.2) is 23.4 Å². The van der Waals surface area contributed by atoms with Crippen LogP contribution in [0.2, 0.25) is 0 Å². The van der Waals surface area contributed by atoms with Gasteiger partial charge in [0, 0.05) is 0 Å². The molecule has 0 heterocycles. The van der Waals surface area contributed by atoms with E-state index in [0.29, 0.717) is 5.92 Å². The molecule has 0 aromatic rings. The summed E-state index contributed by atoms with van der Waals surface area (Å²) in [4.78, 5) is 0. The summed E-state index contributed by atoms with van der Waals surface area (Å²) in [6, 6.07) is 0. The highest BCUT2D eigenvalue weighted by Crippen LogP contribution is 2.19. The molecule has 0 fully saturated rings. The minimum atomic E-state index is -0.454. The van der Waals surface area contributed by atoms with E-state index in [1.54, 1.807) is 0 Å². The fourth-order valence-electron chi connectivity index (χ4n) is 1.56. The second-order valence-electron chi connectivity index (χ2n) is 5.02. The van der Waals surface area contributed by atoms with Crippen LogP contribution in [0, 0.1) is 5.92 Å². The van der Waals surface area contributed by atoms with E-state index >= 15 is 0 Å². The summed E-state index contributed by atoms with van der Waals surface area (Å²) in [5.74, 6) is 0.545. The number of allylic oxidation sites excluding steroid dienone is 1. The van der Waals surface area contributed by atoms with Gasteiger partial charge in [-0.05, 0) is 38.7 Å². The Morgan fingerprint density at radius 1 is 1.33 bits per heavy atom. The van der Waals surface area contributed by atoms with Gasteiger partial charge in [-0.2, -0.15) is 0 Å². The zero-order chi connectivity index (χ0) is 12.1. The van der Waals surface area contributed by atoms with Gasteiger partial charge in [-0.25, -0.2) is 0 Å². The highest BCUT2D eigenvalue weighted by molar-refractivity contribution is 5.08. The smallest absolute Gasteiger partial charge is 0.0864 e. The van der Waals surface area contributed by atoms with Crippen molar-refractivity contribution in [3.8, 4) is 0 Å². The molecule has 1 atom stereocenters. The largest absolute Gasteiger partial charge is 0.393 e. The van der Waals surface area contributed by atoms with E-state index < -0.39 is 5.60 Å². The molecule has 0 aliphatic rings. The Labute approximate surface area is 94.3 Å². The summed E-state index contributed by atoms with van der Waals surface area (Å²) in [5.41, 5.74) is 0.858. The van der Waals surface area contributed by atoms with E-state index in [4.69, 9.17) is 9.84 Å². The third kappa shape index (κ3) is 5.95. The second-order valence-corrected chi connectivity index (χ2v) is 5.02. The third-order valence-electron chi connectivity index (χ3n) is 2.35. The number of aliphatic hydroxyl groups excluding tert-OH is 1. The number of rotatable bonds is 6. The topological polar surface area (TPSA) is 29.5 Å². The van der Waals surface area contributed by atoms with E-state index in [1.807, 2.05) is 13.8 Å². The van der Waals surface area contributed by atoms with Crippen molar-refractivity contribution in [3.05, 3.63) is 11.6 Å². The van der Waals surface area contributed by atoms with Crippen molar-refractivity contribution >= 4 is 0 Å². The summed E-state index contributed by atoms with van der Waals surface area (Å²) in [6.45, 7) is 12.4. The number of hydrogen-bond donors (Lipinski definition) is 1. The Kier molecular flexibility index (Phi) is 6.15. The molecule has 1 unspecified atom stereocenters. The van der Waals surface area contributed by atoms with Crippen LogP contribution in [-0.2, 0) is 4.74 Å². The highest BCUT2D eigenvalue weighted by Gasteiger charge is 2.21. The maximum atomic E-state index is 9.13. The molecule has 0 bridgehead atoms. The van der Waals surface area contributed by atoms with E-state index in [0.717, 1.165) is 6.42 Å². The Morgan fingerprint density at radius 2 is 1.87 bits per heavy atom. The van der Waals surface area contributed by atoms with Crippen molar-refractivity contribution in [2.75, 3.05) is 6.61 Å². The quantitative estimate of drug-likeness (QED) is 0.688. The van der Waals surface area contributed by atoms with Gasteiger partial charge in [0.05, 0.1) is 18.3 Å². The second kappa shape index (κ2) is 6.29. The summed E-state index contributed by atoms with van der Waals surface area (Å²) in [7, 11) is 0. The highest BCUT2D eigenvalue weighted by atomic mass is 16.5. The average Bonchev–Trinajstić information content (AvgIpc) is 2.13. The maximum Gasteiger partial charge on any atom is 0.0864 e. The Balaban J connectivity index is 4.47. The van der Waals surface area contributed by atoms with E-state index in [9.17, 15) is 0 Å². The lowest BCUT2D eigenvalue weighted by atomic mass is 10.0. The number of aliphatic hydroxyl groups is 1. The van der Waals surface area contributed by atoms with Gasteiger partial charge in [0.2, 0.25) is 0 Å². The standard InChI is InChI=1S/C13H26O2/c1-7-12(8-10(2)3)11(4)15-13(5,6)9-14/h8,10-11,14H,7,9H2,1-6H3/b12-8+. The van der Waals surface area contributed by atoms with Crippen LogP contribution < -0.4 is 0 Å². The first-order valence-corrected chi connectivity index (χ1v) is 5.81. The zero-order valence-electron chi connectivity index (χ0n) is 11.0. The molecule has 15 heavy (non-hydrogen) atoms. The molecule has 0 aromatic carbocycles. The fourth-order valence-corrected chi connectivity index (χ4v) is 1.56. The Hall–Kier alpha value is -0.340. The van der Waals surface area contributed by atoms with E-state index in [2.05, 4.69) is 33.8 Å². The summed E-state index contributed by atoms with van der Waals surface area (Å²) in [6.07, 6.45) is 3.33. The van der Waals surface area contributed by atoms with Gasteiger partial charge in [-0.1, -0.05) is 26.8 Å². The van der Waals surface area contributed by atoms with Crippen LogP contribution in [0.5, 0.6) is 0 Å². The summed E-state index contributed by atoms with van der Waals surface area (Å²) in [5, 5.41) is 9.13. The molecule has 0 saturated heterocycles. The van der Waals surface area contributed by atoms with Crippen LogP contribution in [0.1, 0.15) is 48.0 Å². The minimum Gasteiger partial charge on any atom is -0.393 e. The predicted octanol–water partition coefficient (Wildman–Crippen LogP) is 3.15. The first-order chi connectivity index (χ1) is 6.82. The number of ether oxygens (including phenoxy) is 1. The van der Waals surface area contributed by atoms with Gasteiger partial charge in [0.25, 0.3) is 0 Å². The van der Waals surface area contributed by atoms with Crippen molar-refractivity contribution in [2.45, 2.75) is 59.7 Å². The van der Waals surface area contributed by atoms with Crippen LogP contribution in [0.4, 0.5) is 0 Å². The molecule has 2 heteroatoms. The van der Waals surface area contributed by atoms with E-state index in [1.165, 1.54) is 5.57 Å². The van der Waals surface area contributed by atoms with Crippen LogP contribution in [0.15, 0.2) is 11.6 Å². The molecule has 0 radical (unpaired) electrons. The lowest BCUT2D eigenvalue weighted by Crippen LogP contribution is -2.33. The summed E-state index contributed by atoms with van der Waals surface area (Å²) >= 11 is 0. The maximum absolute atomic E-state index is 9.13. The molecule has 0 aliphatic carbocycles. The van der Waals surface area contributed by atoms with Crippen molar-refractivity contribution < 1.29 is 9.84 Å². The summed E-state index contributed by atoms with van der Waals surface area (Å²) < 4.78 is 5.82. The van der Waals surface area contributed by atoms with Gasteiger partial charge in [0.15, 0.2) is 0 Å². The van der Waals surface area contributed by atoms with Gasteiger partial charge in [0.1, 0.15) is 0 Å². The molecular weight excluding hydrogens is 188 g/mol. The number of hydrogen-bond acceptors (Lipinski definition) is 2. The average molecular weight is 214 g/mol. The van der Waals surface area contributed by atoms with Gasteiger partial charge < -0.3 is 9.84 Å². The minimum absolute atomic E-state index is 0.0516. The molecule has 0 aromatic heterocycles. The van der Waals surface area contributed by atoms with Crippen LogP contribution in [0.3, 0.4) is 0 Å². The fraction of sp³-hybridized carbons (Fsp3) is 0.846. The third-order valence-corrected chi connectivity index (χ3v) is 2.35. The van der Waals surface area contributed by atoms with E-state index in [-0.39, 0.29) is 12.7 Å². The van der Waals surface area contributed by atoms with Crippen molar-refractivity contribution in [3.63, 3.8) is 0 Å². The monoisotopic (exact) mass is 214 g/mol. The van der Waals surface area contributed by atoms with Crippen LogP contribution in [0.25, 0.3) is 0 Å².